The monoisotopic (exact) mass is 407 g/mol. The van der Waals surface area contributed by atoms with Gasteiger partial charge in [0.15, 0.2) is 5.65 Å². The molecule has 0 unspecified atom stereocenters. The molecule has 3 aromatic rings. The van der Waals surface area contributed by atoms with Gasteiger partial charge in [0.1, 0.15) is 18.0 Å². The lowest BCUT2D eigenvalue weighted by molar-refractivity contribution is 0.0977. The lowest BCUT2D eigenvalue weighted by Gasteiger charge is -2.29. The van der Waals surface area contributed by atoms with Crippen molar-refractivity contribution in [2.45, 2.75) is 45.1 Å². The fraction of sp³-hybridized carbons (Fsp3) is 0.455. The maximum absolute atomic E-state index is 13.8. The quantitative estimate of drug-likeness (QED) is 0.661. The first-order valence-electron chi connectivity index (χ1n) is 10.3. The Balaban J connectivity index is 1.73. The van der Waals surface area contributed by atoms with Gasteiger partial charge >= 0.3 is 0 Å². The van der Waals surface area contributed by atoms with Crippen LogP contribution >= 0.6 is 0 Å². The van der Waals surface area contributed by atoms with Crippen molar-refractivity contribution in [3.05, 3.63) is 35.8 Å². The van der Waals surface area contributed by atoms with E-state index in [2.05, 4.69) is 30.9 Å². The van der Waals surface area contributed by atoms with Crippen LogP contribution in [0.1, 0.15) is 55.6 Å². The van der Waals surface area contributed by atoms with Crippen LogP contribution in [0.5, 0.6) is 11.6 Å². The average Bonchev–Trinajstić information content (AvgIpc) is 3.51. The van der Waals surface area contributed by atoms with Crippen LogP contribution in [0.4, 0.5) is 5.69 Å². The lowest BCUT2D eigenvalue weighted by Crippen LogP contribution is -2.38. The Hall–Kier alpha value is -3.16. The van der Waals surface area contributed by atoms with E-state index in [-0.39, 0.29) is 11.4 Å². The minimum absolute atomic E-state index is 0.117. The number of nitrogens with zero attached hydrogens (tertiary/aromatic N) is 5. The zero-order valence-electron chi connectivity index (χ0n) is 17.7. The summed E-state index contributed by atoms with van der Waals surface area (Å²) in [5.74, 6) is 1.36. The van der Waals surface area contributed by atoms with E-state index in [9.17, 15) is 4.79 Å². The molecule has 1 saturated carbocycles. The number of carbonyl (C=O) groups excluding carboxylic acids is 1. The van der Waals surface area contributed by atoms with Crippen molar-refractivity contribution in [3.8, 4) is 11.6 Å². The van der Waals surface area contributed by atoms with E-state index in [4.69, 9.17) is 14.5 Å². The molecule has 30 heavy (non-hydrogen) atoms. The van der Waals surface area contributed by atoms with Gasteiger partial charge < -0.3 is 14.4 Å². The van der Waals surface area contributed by atoms with Crippen molar-refractivity contribution in [2.75, 3.05) is 25.2 Å². The number of methoxy groups -OCH3 is 1. The van der Waals surface area contributed by atoms with Gasteiger partial charge in [0.05, 0.1) is 36.3 Å². The van der Waals surface area contributed by atoms with E-state index in [1.54, 1.807) is 30.5 Å². The van der Waals surface area contributed by atoms with Gasteiger partial charge in [-0.2, -0.15) is 0 Å². The molecule has 0 bridgehead atoms. The number of hydrogen-bond donors (Lipinski definition) is 0. The third kappa shape index (κ3) is 2.98. The SMILES string of the molecule is COc1nn(C(C)(C)C)c2nc(C3CC3)cc(C(=O)N3CCOc4ccncc43)c12. The molecular weight excluding hydrogens is 382 g/mol. The summed E-state index contributed by atoms with van der Waals surface area (Å²) in [6.07, 6.45) is 5.52. The summed E-state index contributed by atoms with van der Waals surface area (Å²) < 4.78 is 13.2. The first-order valence-corrected chi connectivity index (χ1v) is 10.3. The molecule has 0 saturated heterocycles. The molecule has 0 spiro atoms. The Morgan fingerprint density at radius 3 is 2.80 bits per heavy atom. The van der Waals surface area contributed by atoms with E-state index in [0.717, 1.165) is 18.5 Å². The van der Waals surface area contributed by atoms with Crippen molar-refractivity contribution in [3.63, 3.8) is 0 Å². The van der Waals surface area contributed by atoms with Gasteiger partial charge in [-0.25, -0.2) is 9.67 Å². The predicted molar refractivity (Wildman–Crippen MR) is 112 cm³/mol. The standard InChI is InChI=1S/C22H25N5O3/c1-22(2,3)27-19-18(20(25-27)29-4)14(11-15(24-19)13-5-6-13)21(28)26-9-10-30-17-7-8-23-12-16(17)26/h7-8,11-13H,5-6,9-10H2,1-4H3. The molecule has 0 aromatic carbocycles. The number of anilines is 1. The fourth-order valence-electron chi connectivity index (χ4n) is 3.89. The molecule has 1 amide bonds. The molecule has 1 aliphatic carbocycles. The highest BCUT2D eigenvalue weighted by atomic mass is 16.5. The van der Waals surface area contributed by atoms with Crippen LogP contribution in [0, 0.1) is 0 Å². The highest BCUT2D eigenvalue weighted by molar-refractivity contribution is 6.15. The highest BCUT2D eigenvalue weighted by Crippen LogP contribution is 2.42. The second-order valence-corrected chi connectivity index (χ2v) is 8.81. The largest absolute Gasteiger partial charge is 0.489 e. The highest BCUT2D eigenvalue weighted by Gasteiger charge is 2.34. The summed E-state index contributed by atoms with van der Waals surface area (Å²) >= 11 is 0. The van der Waals surface area contributed by atoms with Crippen molar-refractivity contribution >= 4 is 22.6 Å². The van der Waals surface area contributed by atoms with Crippen LogP contribution in [0.25, 0.3) is 11.0 Å². The van der Waals surface area contributed by atoms with Gasteiger partial charge in [0.2, 0.25) is 5.88 Å². The van der Waals surface area contributed by atoms with Crippen molar-refractivity contribution < 1.29 is 14.3 Å². The third-order valence-corrected chi connectivity index (χ3v) is 5.55. The van der Waals surface area contributed by atoms with E-state index < -0.39 is 0 Å². The van der Waals surface area contributed by atoms with E-state index >= 15 is 0 Å². The number of hydrogen-bond acceptors (Lipinski definition) is 6. The summed E-state index contributed by atoms with van der Waals surface area (Å²) in [6, 6.07) is 3.70. The van der Waals surface area contributed by atoms with Gasteiger partial charge in [0.25, 0.3) is 5.91 Å². The molecule has 0 N–H and O–H groups in total. The third-order valence-electron chi connectivity index (χ3n) is 5.55. The van der Waals surface area contributed by atoms with Crippen molar-refractivity contribution in [1.29, 1.82) is 0 Å². The summed E-state index contributed by atoms with van der Waals surface area (Å²) in [7, 11) is 1.58. The predicted octanol–water partition coefficient (Wildman–Crippen LogP) is 3.51. The maximum atomic E-state index is 13.8. The first-order chi connectivity index (χ1) is 14.4. The Kier molecular flexibility index (Phi) is 4.20. The Bertz CT molecular complexity index is 1140. The minimum Gasteiger partial charge on any atom is -0.489 e. The molecule has 2 aliphatic rings. The molecular formula is C22H25N5O3. The van der Waals surface area contributed by atoms with Crippen LogP contribution < -0.4 is 14.4 Å². The summed E-state index contributed by atoms with van der Waals surface area (Å²) in [5, 5.41) is 5.31. The second-order valence-electron chi connectivity index (χ2n) is 8.81. The van der Waals surface area contributed by atoms with Gasteiger partial charge in [-0.15, -0.1) is 5.10 Å². The molecule has 0 radical (unpaired) electrons. The first kappa shape index (κ1) is 18.8. The number of rotatable bonds is 3. The van der Waals surface area contributed by atoms with E-state index in [1.807, 2.05) is 10.7 Å². The van der Waals surface area contributed by atoms with Crippen LogP contribution in [0.2, 0.25) is 0 Å². The number of amides is 1. The smallest absolute Gasteiger partial charge is 0.259 e. The maximum Gasteiger partial charge on any atom is 0.259 e. The van der Waals surface area contributed by atoms with Crippen molar-refractivity contribution in [1.82, 2.24) is 19.7 Å². The lowest BCUT2D eigenvalue weighted by atomic mass is 10.1. The number of pyridine rings is 2. The van der Waals surface area contributed by atoms with E-state index in [1.165, 1.54) is 0 Å². The number of ether oxygens (including phenoxy) is 2. The zero-order valence-corrected chi connectivity index (χ0v) is 17.7. The fourth-order valence-corrected chi connectivity index (χ4v) is 3.89. The van der Waals surface area contributed by atoms with Gasteiger partial charge in [0, 0.05) is 23.9 Å². The molecule has 1 aliphatic heterocycles. The Labute approximate surface area is 174 Å². The molecule has 5 rings (SSSR count). The summed E-state index contributed by atoms with van der Waals surface area (Å²) in [4.78, 5) is 24.7. The van der Waals surface area contributed by atoms with Crippen LogP contribution in [0.15, 0.2) is 24.5 Å². The van der Waals surface area contributed by atoms with E-state index in [0.29, 0.717) is 53.0 Å². The molecule has 4 heterocycles. The Morgan fingerprint density at radius 1 is 1.30 bits per heavy atom. The number of fused-ring (bicyclic) bond motifs is 2. The van der Waals surface area contributed by atoms with Gasteiger partial charge in [-0.05, 0) is 39.7 Å². The molecule has 8 heteroatoms. The van der Waals surface area contributed by atoms with Gasteiger partial charge in [-0.1, -0.05) is 0 Å². The normalized spacial score (nSPS) is 16.3. The molecule has 0 atom stereocenters. The second kappa shape index (κ2) is 6.68. The average molecular weight is 407 g/mol. The zero-order chi connectivity index (χ0) is 21.0. The van der Waals surface area contributed by atoms with Crippen LogP contribution in [-0.4, -0.2) is 45.9 Å². The van der Waals surface area contributed by atoms with Crippen LogP contribution in [0.3, 0.4) is 0 Å². The minimum atomic E-state index is -0.306. The van der Waals surface area contributed by atoms with Crippen molar-refractivity contribution in [2.24, 2.45) is 0 Å². The van der Waals surface area contributed by atoms with Gasteiger partial charge in [-0.3, -0.25) is 9.78 Å². The Morgan fingerprint density at radius 2 is 2.10 bits per heavy atom. The van der Waals surface area contributed by atoms with Crippen LogP contribution in [-0.2, 0) is 5.54 Å². The summed E-state index contributed by atoms with van der Waals surface area (Å²) in [5.41, 5.74) is 2.56. The molecule has 1 fully saturated rings. The molecule has 156 valence electrons. The number of carbonyl (C=O) groups is 1. The summed E-state index contributed by atoms with van der Waals surface area (Å²) in [6.45, 7) is 7.09. The molecule has 3 aromatic heterocycles. The molecule has 8 nitrogen and oxygen atoms in total. The topological polar surface area (TPSA) is 82.4 Å². The number of aromatic nitrogens is 4.